The van der Waals surface area contributed by atoms with Gasteiger partial charge in [-0.15, -0.1) is 0 Å². The van der Waals surface area contributed by atoms with E-state index >= 15 is 0 Å². The Hall–Kier alpha value is -1.14. The molecular formula is C11H16N2O3S. The highest BCUT2D eigenvalue weighted by molar-refractivity contribution is 7.91. The second-order valence-electron chi connectivity index (χ2n) is 4.35. The topological polar surface area (TPSA) is 70.5 Å². The number of aliphatic hydroxyl groups is 1. The van der Waals surface area contributed by atoms with Crippen LogP contribution in [0.1, 0.15) is 12.0 Å². The average molecular weight is 256 g/mol. The van der Waals surface area contributed by atoms with Crippen molar-refractivity contribution in [2.75, 3.05) is 23.5 Å². The predicted molar refractivity (Wildman–Crippen MR) is 65.6 cm³/mol. The lowest BCUT2D eigenvalue weighted by Crippen LogP contribution is -2.33. The van der Waals surface area contributed by atoms with E-state index in [2.05, 4.69) is 4.98 Å². The molecule has 17 heavy (non-hydrogen) atoms. The fraction of sp³-hybridized carbons (Fsp3) is 0.545. The summed E-state index contributed by atoms with van der Waals surface area (Å²) >= 11 is 0. The smallest absolute Gasteiger partial charge is 0.152 e. The molecule has 6 heteroatoms. The van der Waals surface area contributed by atoms with Gasteiger partial charge in [-0.25, -0.2) is 13.4 Å². The van der Waals surface area contributed by atoms with Gasteiger partial charge in [-0.1, -0.05) is 6.07 Å². The molecule has 0 bridgehead atoms. The zero-order valence-corrected chi connectivity index (χ0v) is 10.5. The molecule has 1 fully saturated rings. The van der Waals surface area contributed by atoms with E-state index in [1.807, 2.05) is 11.9 Å². The van der Waals surface area contributed by atoms with Crippen molar-refractivity contribution < 1.29 is 13.5 Å². The molecule has 1 atom stereocenters. The molecule has 0 saturated carbocycles. The van der Waals surface area contributed by atoms with Crippen LogP contribution in [0.2, 0.25) is 0 Å². The molecule has 1 unspecified atom stereocenters. The molecule has 1 aromatic heterocycles. The van der Waals surface area contributed by atoms with Crippen molar-refractivity contribution >= 4 is 15.7 Å². The average Bonchev–Trinajstić information content (AvgIpc) is 2.69. The zero-order chi connectivity index (χ0) is 12.5. The molecule has 1 N–H and O–H groups in total. The summed E-state index contributed by atoms with van der Waals surface area (Å²) in [6.07, 6.45) is 2.26. The monoisotopic (exact) mass is 256 g/mol. The lowest BCUT2D eigenvalue weighted by Gasteiger charge is -2.24. The van der Waals surface area contributed by atoms with Crippen LogP contribution in [0.5, 0.6) is 0 Å². The van der Waals surface area contributed by atoms with Crippen molar-refractivity contribution in [2.24, 2.45) is 0 Å². The Bertz CT molecular complexity index is 484. The third-order valence-corrected chi connectivity index (χ3v) is 4.86. The van der Waals surface area contributed by atoms with Crippen LogP contribution in [-0.2, 0) is 16.4 Å². The third kappa shape index (κ3) is 2.76. The summed E-state index contributed by atoms with van der Waals surface area (Å²) < 4.78 is 22.8. The van der Waals surface area contributed by atoms with E-state index in [0.29, 0.717) is 6.42 Å². The number of hydrogen-bond donors (Lipinski definition) is 1. The highest BCUT2D eigenvalue weighted by Gasteiger charge is 2.31. The van der Waals surface area contributed by atoms with Gasteiger partial charge in [-0.2, -0.15) is 0 Å². The number of nitrogens with zero attached hydrogens (tertiary/aromatic N) is 2. The molecule has 1 saturated heterocycles. The Morgan fingerprint density at radius 1 is 1.53 bits per heavy atom. The summed E-state index contributed by atoms with van der Waals surface area (Å²) in [6.45, 7) is -0.0329. The molecule has 2 heterocycles. The number of rotatable bonds is 3. The first-order chi connectivity index (χ1) is 8.02. The SMILES string of the molecule is CN(c1ccc(CO)cn1)C1CCS(=O)(=O)C1. The Labute approximate surface area is 101 Å². The number of anilines is 1. The molecule has 0 aliphatic carbocycles. The van der Waals surface area contributed by atoms with Gasteiger partial charge in [0.1, 0.15) is 5.82 Å². The molecule has 5 nitrogen and oxygen atoms in total. The maximum atomic E-state index is 11.4. The molecular weight excluding hydrogens is 240 g/mol. The van der Waals surface area contributed by atoms with Crippen molar-refractivity contribution in [2.45, 2.75) is 19.1 Å². The summed E-state index contributed by atoms with van der Waals surface area (Å²) in [6, 6.07) is 3.60. The van der Waals surface area contributed by atoms with Crippen molar-refractivity contribution in [3.05, 3.63) is 23.9 Å². The van der Waals surface area contributed by atoms with Gasteiger partial charge in [0, 0.05) is 19.3 Å². The highest BCUT2D eigenvalue weighted by atomic mass is 32.2. The molecule has 0 radical (unpaired) electrons. The lowest BCUT2D eigenvalue weighted by molar-refractivity contribution is 0.281. The van der Waals surface area contributed by atoms with E-state index in [0.717, 1.165) is 11.4 Å². The minimum atomic E-state index is -2.87. The van der Waals surface area contributed by atoms with Gasteiger partial charge >= 0.3 is 0 Å². The van der Waals surface area contributed by atoms with E-state index in [4.69, 9.17) is 5.11 Å². The largest absolute Gasteiger partial charge is 0.392 e. The molecule has 1 aliphatic heterocycles. The van der Waals surface area contributed by atoms with E-state index in [1.54, 1.807) is 18.3 Å². The van der Waals surface area contributed by atoms with Crippen molar-refractivity contribution in [3.8, 4) is 0 Å². The second kappa shape index (κ2) is 4.62. The molecule has 1 aromatic rings. The first-order valence-electron chi connectivity index (χ1n) is 5.51. The van der Waals surface area contributed by atoms with Crippen LogP contribution < -0.4 is 4.90 Å². The van der Waals surface area contributed by atoms with E-state index < -0.39 is 9.84 Å². The standard InChI is InChI=1S/C11H16N2O3S/c1-13(10-4-5-17(15,16)8-10)11-3-2-9(7-14)6-12-11/h2-3,6,10,14H,4-5,7-8H2,1H3. The number of pyridine rings is 1. The van der Waals surface area contributed by atoms with E-state index in [9.17, 15) is 8.42 Å². The van der Waals surface area contributed by atoms with Gasteiger partial charge in [-0.3, -0.25) is 0 Å². The second-order valence-corrected chi connectivity index (χ2v) is 6.58. The fourth-order valence-corrected chi connectivity index (χ4v) is 3.76. The first kappa shape index (κ1) is 12.3. The number of sulfone groups is 1. The summed E-state index contributed by atoms with van der Waals surface area (Å²) in [5.41, 5.74) is 0.751. The van der Waals surface area contributed by atoms with Gasteiger partial charge in [0.25, 0.3) is 0 Å². The quantitative estimate of drug-likeness (QED) is 0.836. The zero-order valence-electron chi connectivity index (χ0n) is 9.70. The molecule has 94 valence electrons. The molecule has 1 aliphatic rings. The van der Waals surface area contributed by atoms with Crippen LogP contribution in [0.3, 0.4) is 0 Å². The molecule has 0 amide bonds. The van der Waals surface area contributed by atoms with Gasteiger partial charge in [0.05, 0.1) is 18.1 Å². The van der Waals surface area contributed by atoms with Gasteiger partial charge in [-0.05, 0) is 18.1 Å². The van der Waals surface area contributed by atoms with Gasteiger partial charge in [0.15, 0.2) is 9.84 Å². The first-order valence-corrected chi connectivity index (χ1v) is 7.33. The van der Waals surface area contributed by atoms with Crippen LogP contribution in [0.4, 0.5) is 5.82 Å². The highest BCUT2D eigenvalue weighted by Crippen LogP contribution is 2.21. The minimum Gasteiger partial charge on any atom is -0.392 e. The molecule has 0 aromatic carbocycles. The summed E-state index contributed by atoms with van der Waals surface area (Å²) in [5, 5.41) is 8.91. The number of aromatic nitrogens is 1. The summed E-state index contributed by atoms with van der Waals surface area (Å²) in [5.74, 6) is 1.20. The van der Waals surface area contributed by atoms with Crippen molar-refractivity contribution in [3.63, 3.8) is 0 Å². The van der Waals surface area contributed by atoms with Gasteiger partial charge < -0.3 is 10.0 Å². The predicted octanol–water partition coefficient (Wildman–Crippen LogP) is 0.197. The Balaban J connectivity index is 2.11. The van der Waals surface area contributed by atoms with Crippen molar-refractivity contribution in [1.82, 2.24) is 4.98 Å². The van der Waals surface area contributed by atoms with Crippen LogP contribution in [0, 0.1) is 0 Å². The van der Waals surface area contributed by atoms with Crippen LogP contribution >= 0.6 is 0 Å². The van der Waals surface area contributed by atoms with Crippen LogP contribution in [-0.4, -0.2) is 43.1 Å². The number of aliphatic hydroxyl groups excluding tert-OH is 1. The van der Waals surface area contributed by atoms with Crippen LogP contribution in [0.15, 0.2) is 18.3 Å². The van der Waals surface area contributed by atoms with E-state index in [-0.39, 0.29) is 24.2 Å². The maximum Gasteiger partial charge on any atom is 0.152 e. The third-order valence-electron chi connectivity index (χ3n) is 3.11. The Kier molecular flexibility index (Phi) is 3.35. The van der Waals surface area contributed by atoms with Crippen LogP contribution in [0.25, 0.3) is 0 Å². The van der Waals surface area contributed by atoms with E-state index in [1.165, 1.54) is 0 Å². The minimum absolute atomic E-state index is 0.00692. The summed E-state index contributed by atoms with van der Waals surface area (Å²) in [4.78, 5) is 6.11. The Morgan fingerprint density at radius 2 is 2.29 bits per heavy atom. The normalized spacial score (nSPS) is 22.6. The molecule has 2 rings (SSSR count). The van der Waals surface area contributed by atoms with Crippen molar-refractivity contribution in [1.29, 1.82) is 0 Å². The fourth-order valence-electron chi connectivity index (χ4n) is 1.99. The van der Waals surface area contributed by atoms with Gasteiger partial charge in [0.2, 0.25) is 0 Å². The lowest BCUT2D eigenvalue weighted by atomic mass is 10.2. The Morgan fingerprint density at radius 3 is 2.76 bits per heavy atom. The summed E-state index contributed by atoms with van der Waals surface area (Å²) in [7, 11) is -1.02. The maximum absolute atomic E-state index is 11.4. The molecule has 0 spiro atoms. The number of hydrogen-bond acceptors (Lipinski definition) is 5.